The first-order valence-corrected chi connectivity index (χ1v) is 7.59. The predicted octanol–water partition coefficient (Wildman–Crippen LogP) is 0.0600. The van der Waals surface area contributed by atoms with Gasteiger partial charge in [-0.2, -0.15) is 4.98 Å². The third-order valence-electron chi connectivity index (χ3n) is 3.10. The van der Waals surface area contributed by atoms with Gasteiger partial charge in [0.1, 0.15) is 5.69 Å². The lowest BCUT2D eigenvalue weighted by atomic mass is 10.1. The van der Waals surface area contributed by atoms with Crippen molar-refractivity contribution in [1.82, 2.24) is 20.1 Å². The molecule has 3 heterocycles. The topological polar surface area (TPSA) is 139 Å². The van der Waals surface area contributed by atoms with E-state index in [0.29, 0.717) is 6.42 Å². The molecule has 0 spiro atoms. The van der Waals surface area contributed by atoms with Crippen LogP contribution in [0, 0.1) is 0 Å². The predicted molar refractivity (Wildman–Crippen MR) is 64.9 cm³/mol. The summed E-state index contributed by atoms with van der Waals surface area (Å²) in [6.45, 7) is 0. The Morgan fingerprint density at radius 1 is 1.50 bits per heavy atom. The van der Waals surface area contributed by atoms with Gasteiger partial charge in [0.15, 0.2) is 21.4 Å². The lowest BCUT2D eigenvalue weighted by Gasteiger charge is -1.98. The van der Waals surface area contributed by atoms with Crippen molar-refractivity contribution >= 4 is 15.8 Å². The van der Waals surface area contributed by atoms with E-state index in [1.807, 2.05) is 0 Å². The van der Waals surface area contributed by atoms with Crippen molar-refractivity contribution in [3.63, 3.8) is 0 Å². The van der Waals surface area contributed by atoms with Crippen molar-refractivity contribution in [1.29, 1.82) is 0 Å². The summed E-state index contributed by atoms with van der Waals surface area (Å²) in [7, 11) is -3.05. The zero-order valence-corrected chi connectivity index (χ0v) is 10.9. The number of imidazole rings is 1. The molecule has 2 aromatic rings. The van der Waals surface area contributed by atoms with Crippen LogP contribution in [0.5, 0.6) is 0 Å². The number of H-pyrrole nitrogens is 1. The van der Waals surface area contributed by atoms with E-state index in [4.69, 9.17) is 9.63 Å². The molecule has 0 aromatic carbocycles. The summed E-state index contributed by atoms with van der Waals surface area (Å²) in [6, 6.07) is 0. The number of aromatic carboxylic acids is 1. The molecule has 2 aromatic heterocycles. The van der Waals surface area contributed by atoms with E-state index in [9.17, 15) is 13.2 Å². The van der Waals surface area contributed by atoms with Gasteiger partial charge in [0.25, 0.3) is 5.89 Å². The zero-order valence-electron chi connectivity index (χ0n) is 10.1. The first-order valence-electron chi connectivity index (χ1n) is 5.77. The number of carboxylic acid groups (broad SMARTS) is 1. The minimum atomic E-state index is -3.05. The maximum absolute atomic E-state index is 11.4. The molecule has 0 saturated carbocycles. The number of aromatic nitrogens is 4. The molecule has 1 aliphatic rings. The van der Waals surface area contributed by atoms with Crippen LogP contribution in [0.2, 0.25) is 0 Å². The second kappa shape index (κ2) is 4.40. The SMILES string of the molecule is O=C(O)c1nc[nH]c1-c1nc(C2CCS(=O)(=O)C2)no1. The third kappa shape index (κ3) is 2.18. The fourth-order valence-electron chi connectivity index (χ4n) is 2.12. The lowest BCUT2D eigenvalue weighted by molar-refractivity contribution is 0.0691. The average molecular weight is 298 g/mol. The molecule has 1 atom stereocenters. The molecule has 3 rings (SSSR count). The molecular formula is C10H10N4O5S. The molecule has 0 amide bonds. The van der Waals surface area contributed by atoms with Gasteiger partial charge in [0.05, 0.1) is 17.8 Å². The zero-order chi connectivity index (χ0) is 14.3. The smallest absolute Gasteiger partial charge is 0.356 e. The van der Waals surface area contributed by atoms with Crippen LogP contribution in [-0.4, -0.2) is 51.1 Å². The number of sulfone groups is 1. The Hall–Kier alpha value is -2.23. The van der Waals surface area contributed by atoms with Gasteiger partial charge in [0.2, 0.25) is 0 Å². The normalized spacial score (nSPS) is 21.1. The molecule has 10 heteroatoms. The van der Waals surface area contributed by atoms with Crippen molar-refractivity contribution in [3.05, 3.63) is 17.8 Å². The first-order chi connectivity index (χ1) is 9.46. The molecule has 1 unspecified atom stereocenters. The summed E-state index contributed by atoms with van der Waals surface area (Å²) in [6.07, 6.45) is 1.65. The number of rotatable bonds is 3. The maximum atomic E-state index is 11.4. The largest absolute Gasteiger partial charge is 0.476 e. The number of hydrogen-bond donors (Lipinski definition) is 2. The van der Waals surface area contributed by atoms with Crippen LogP contribution in [-0.2, 0) is 9.84 Å². The second-order valence-electron chi connectivity index (χ2n) is 4.49. The number of aromatic amines is 1. The summed E-state index contributed by atoms with van der Waals surface area (Å²) in [5, 5.41) is 12.7. The van der Waals surface area contributed by atoms with E-state index in [-0.39, 0.29) is 40.5 Å². The number of nitrogens with one attached hydrogen (secondary N) is 1. The van der Waals surface area contributed by atoms with E-state index in [1.54, 1.807) is 0 Å². The third-order valence-corrected chi connectivity index (χ3v) is 4.86. The maximum Gasteiger partial charge on any atom is 0.356 e. The Labute approximate surface area is 113 Å². The van der Waals surface area contributed by atoms with Crippen molar-refractivity contribution < 1.29 is 22.8 Å². The van der Waals surface area contributed by atoms with Crippen LogP contribution in [0.4, 0.5) is 0 Å². The van der Waals surface area contributed by atoms with Crippen LogP contribution in [0.25, 0.3) is 11.6 Å². The summed E-state index contributed by atoms with van der Waals surface area (Å²) >= 11 is 0. The fraction of sp³-hybridized carbons (Fsp3) is 0.400. The van der Waals surface area contributed by atoms with E-state index >= 15 is 0 Å². The fourth-order valence-corrected chi connectivity index (χ4v) is 3.86. The van der Waals surface area contributed by atoms with Crippen LogP contribution < -0.4 is 0 Å². The quantitative estimate of drug-likeness (QED) is 0.810. The molecule has 1 saturated heterocycles. The molecule has 0 bridgehead atoms. The highest BCUT2D eigenvalue weighted by Crippen LogP contribution is 2.28. The highest BCUT2D eigenvalue weighted by atomic mass is 32.2. The minimum absolute atomic E-state index is 0.0132. The monoisotopic (exact) mass is 298 g/mol. The number of hydrogen-bond acceptors (Lipinski definition) is 7. The Kier molecular flexibility index (Phi) is 2.82. The Balaban J connectivity index is 1.91. The highest BCUT2D eigenvalue weighted by molar-refractivity contribution is 7.91. The van der Waals surface area contributed by atoms with E-state index < -0.39 is 15.8 Å². The molecule has 2 N–H and O–H groups in total. The molecule has 1 aliphatic heterocycles. The molecule has 0 aliphatic carbocycles. The van der Waals surface area contributed by atoms with E-state index in [1.165, 1.54) is 6.33 Å². The molecule has 1 fully saturated rings. The summed E-state index contributed by atoms with van der Waals surface area (Å²) in [4.78, 5) is 21.3. The summed E-state index contributed by atoms with van der Waals surface area (Å²) in [5.41, 5.74) is -0.114. The number of carboxylic acids is 1. The van der Waals surface area contributed by atoms with Gasteiger partial charge < -0.3 is 14.6 Å². The van der Waals surface area contributed by atoms with Gasteiger partial charge in [-0.3, -0.25) is 0 Å². The van der Waals surface area contributed by atoms with E-state index in [2.05, 4.69) is 20.1 Å². The van der Waals surface area contributed by atoms with Crippen LogP contribution in [0.3, 0.4) is 0 Å². The number of nitrogens with zero attached hydrogens (tertiary/aromatic N) is 3. The molecule has 106 valence electrons. The van der Waals surface area contributed by atoms with Gasteiger partial charge >= 0.3 is 5.97 Å². The minimum Gasteiger partial charge on any atom is -0.476 e. The molecule has 9 nitrogen and oxygen atoms in total. The summed E-state index contributed by atoms with van der Waals surface area (Å²) in [5.74, 6) is -1.18. The molecule has 0 radical (unpaired) electrons. The Bertz CT molecular complexity index is 762. The Morgan fingerprint density at radius 3 is 2.95 bits per heavy atom. The van der Waals surface area contributed by atoms with Crippen molar-refractivity contribution in [2.75, 3.05) is 11.5 Å². The van der Waals surface area contributed by atoms with Crippen molar-refractivity contribution in [2.45, 2.75) is 12.3 Å². The Morgan fingerprint density at radius 2 is 2.30 bits per heavy atom. The lowest BCUT2D eigenvalue weighted by Crippen LogP contribution is -2.05. The second-order valence-corrected chi connectivity index (χ2v) is 6.72. The molecule has 20 heavy (non-hydrogen) atoms. The van der Waals surface area contributed by atoms with Crippen LogP contribution in [0.1, 0.15) is 28.7 Å². The molecular weight excluding hydrogens is 288 g/mol. The van der Waals surface area contributed by atoms with Gasteiger partial charge in [-0.1, -0.05) is 5.16 Å². The number of carbonyl (C=O) groups is 1. The van der Waals surface area contributed by atoms with Crippen LogP contribution >= 0.6 is 0 Å². The van der Waals surface area contributed by atoms with Gasteiger partial charge in [0, 0.05) is 5.92 Å². The van der Waals surface area contributed by atoms with Crippen LogP contribution in [0.15, 0.2) is 10.9 Å². The average Bonchev–Trinajstić information content (AvgIpc) is 3.04. The highest BCUT2D eigenvalue weighted by Gasteiger charge is 2.33. The standard InChI is InChI=1S/C10H10N4O5S/c15-10(16)7-6(11-4-12-7)9-13-8(14-19-9)5-1-2-20(17,18)3-5/h4-5H,1-3H2,(H,11,12)(H,15,16). The van der Waals surface area contributed by atoms with Crippen molar-refractivity contribution in [3.8, 4) is 11.6 Å². The van der Waals surface area contributed by atoms with Gasteiger partial charge in [-0.15, -0.1) is 0 Å². The van der Waals surface area contributed by atoms with E-state index in [0.717, 1.165) is 0 Å². The van der Waals surface area contributed by atoms with Crippen molar-refractivity contribution in [2.24, 2.45) is 0 Å². The summed E-state index contributed by atoms with van der Waals surface area (Å²) < 4.78 is 27.8. The first kappa shape index (κ1) is 12.8. The van der Waals surface area contributed by atoms with Gasteiger partial charge in [-0.05, 0) is 6.42 Å². The van der Waals surface area contributed by atoms with Gasteiger partial charge in [-0.25, -0.2) is 18.2 Å².